The maximum Gasteiger partial charge on any atom is 0.336 e. The summed E-state index contributed by atoms with van der Waals surface area (Å²) in [4.78, 5) is 30.5. The number of aliphatic carboxylic acids is 3. The average molecular weight is 349 g/mol. The molecule has 0 aromatic carbocycles. The van der Waals surface area contributed by atoms with Gasteiger partial charge >= 0.3 is 17.9 Å². The number of carbonyl (C=O) groups is 3. The van der Waals surface area contributed by atoms with Crippen LogP contribution < -0.4 is 5.73 Å². The van der Waals surface area contributed by atoms with Crippen LogP contribution in [0.1, 0.15) is 71.1 Å². The van der Waals surface area contributed by atoms with Crippen LogP contribution in [-0.2, 0) is 14.4 Å². The molecule has 8 nitrogen and oxygen atoms in total. The molecule has 6 N–H and O–H groups in total. The quantitative estimate of drug-likeness (QED) is 0.315. The van der Waals surface area contributed by atoms with E-state index in [0.29, 0.717) is 0 Å². The molecule has 24 heavy (non-hydrogen) atoms. The molecule has 0 amide bonds. The third-order valence-electron chi connectivity index (χ3n) is 3.34. The average Bonchev–Trinajstić information content (AvgIpc) is 2.45. The Bertz CT molecular complexity index is 347. The highest BCUT2D eigenvalue weighted by Crippen LogP contribution is 2.15. The van der Waals surface area contributed by atoms with E-state index in [9.17, 15) is 14.4 Å². The molecule has 0 aliphatic rings. The van der Waals surface area contributed by atoms with Crippen LogP contribution in [0.5, 0.6) is 0 Å². The lowest BCUT2D eigenvalue weighted by Crippen LogP contribution is -2.42. The predicted molar refractivity (Wildman–Crippen MR) is 88.8 cm³/mol. The number of unbranched alkanes of at least 4 members (excludes halogenated alkanes) is 7. The van der Waals surface area contributed by atoms with Crippen molar-refractivity contribution >= 4 is 17.9 Å². The monoisotopic (exact) mass is 349 g/mol. The molecule has 0 unspecified atom stereocenters. The minimum absolute atomic E-state index is 0.870. The summed E-state index contributed by atoms with van der Waals surface area (Å²) in [5.74, 6) is -5.02. The van der Waals surface area contributed by atoms with Gasteiger partial charge in [0.25, 0.3) is 0 Å². The first-order chi connectivity index (χ1) is 11.2. The summed E-state index contributed by atoms with van der Waals surface area (Å²) < 4.78 is 0. The van der Waals surface area contributed by atoms with Crippen LogP contribution in [-0.4, -0.2) is 50.5 Å². The Morgan fingerprint density at radius 2 is 1.17 bits per heavy atom. The van der Waals surface area contributed by atoms with E-state index < -0.39 is 36.4 Å². The summed E-state index contributed by atoms with van der Waals surface area (Å²) in [6.45, 7) is 3.13. The van der Waals surface area contributed by atoms with Crippen LogP contribution in [0.3, 0.4) is 0 Å². The molecule has 0 rings (SSSR count). The van der Waals surface area contributed by atoms with Crippen molar-refractivity contribution in [1.29, 1.82) is 0 Å². The van der Waals surface area contributed by atoms with Gasteiger partial charge in [-0.2, -0.15) is 0 Å². The number of hydrogen-bond donors (Lipinski definition) is 5. The zero-order valence-electron chi connectivity index (χ0n) is 14.4. The molecule has 0 saturated heterocycles. The van der Waals surface area contributed by atoms with Crippen molar-refractivity contribution < 1.29 is 34.8 Å². The zero-order chi connectivity index (χ0) is 19.0. The summed E-state index contributed by atoms with van der Waals surface area (Å²) in [5, 5.41) is 33.8. The van der Waals surface area contributed by atoms with Gasteiger partial charge in [-0.3, -0.25) is 9.59 Å². The SMILES string of the molecule is CCCCCCCCCCN.O=C(O)CC(O)(CC(=O)O)C(=O)O. The molecule has 0 fully saturated rings. The molecule has 0 spiro atoms. The maximum atomic E-state index is 10.3. The van der Waals surface area contributed by atoms with Crippen LogP contribution in [0.25, 0.3) is 0 Å². The van der Waals surface area contributed by atoms with Gasteiger partial charge < -0.3 is 26.2 Å². The lowest BCUT2D eigenvalue weighted by atomic mass is 9.96. The first kappa shape index (κ1) is 24.6. The lowest BCUT2D eigenvalue weighted by Gasteiger charge is -2.18. The first-order valence-corrected chi connectivity index (χ1v) is 8.29. The Labute approximate surface area is 142 Å². The molecule has 142 valence electrons. The molecule has 0 aromatic rings. The van der Waals surface area contributed by atoms with Crippen LogP contribution in [0.4, 0.5) is 0 Å². The van der Waals surface area contributed by atoms with Gasteiger partial charge in [0.1, 0.15) is 0 Å². The summed E-state index contributed by atoms with van der Waals surface area (Å²) >= 11 is 0. The standard InChI is InChI=1S/C10H23N.C6H8O7/c1-2-3-4-5-6-7-8-9-10-11;7-3(8)1-6(13,5(11)12)2-4(9)10/h2-11H2,1H3;13H,1-2H2,(H,7,8)(H,9,10)(H,11,12). The number of hydrogen-bond acceptors (Lipinski definition) is 5. The van der Waals surface area contributed by atoms with E-state index in [-0.39, 0.29) is 0 Å². The highest BCUT2D eigenvalue weighted by Gasteiger charge is 2.40. The second kappa shape index (κ2) is 14.9. The van der Waals surface area contributed by atoms with Gasteiger partial charge in [-0.15, -0.1) is 0 Å². The molecule has 0 saturated carbocycles. The van der Waals surface area contributed by atoms with Gasteiger partial charge in [0, 0.05) is 0 Å². The van der Waals surface area contributed by atoms with E-state index >= 15 is 0 Å². The Balaban J connectivity index is 0. The Morgan fingerprint density at radius 3 is 1.46 bits per heavy atom. The van der Waals surface area contributed by atoms with Crippen LogP contribution in [0.2, 0.25) is 0 Å². The molecular formula is C16H31NO7. The number of carboxylic acids is 3. The predicted octanol–water partition coefficient (Wildman–Crippen LogP) is 1.84. The number of nitrogens with two attached hydrogens (primary N) is 1. The maximum absolute atomic E-state index is 10.3. The Morgan fingerprint density at radius 1 is 0.792 bits per heavy atom. The van der Waals surface area contributed by atoms with Gasteiger partial charge in [0.15, 0.2) is 5.60 Å². The van der Waals surface area contributed by atoms with E-state index in [0.717, 1.165) is 6.54 Å². The van der Waals surface area contributed by atoms with Crippen molar-refractivity contribution in [2.75, 3.05) is 6.54 Å². The van der Waals surface area contributed by atoms with E-state index in [1.54, 1.807) is 0 Å². The molecule has 0 aromatic heterocycles. The lowest BCUT2D eigenvalue weighted by molar-refractivity contribution is -0.170. The fraction of sp³-hybridized carbons (Fsp3) is 0.812. The van der Waals surface area contributed by atoms with Gasteiger partial charge in [-0.05, 0) is 13.0 Å². The van der Waals surface area contributed by atoms with E-state index in [1.807, 2.05) is 0 Å². The van der Waals surface area contributed by atoms with Gasteiger partial charge in [0.2, 0.25) is 0 Å². The Kier molecular flexibility index (Phi) is 15.3. The van der Waals surface area contributed by atoms with Gasteiger partial charge in [-0.1, -0.05) is 51.9 Å². The van der Waals surface area contributed by atoms with E-state index in [2.05, 4.69) is 6.92 Å². The van der Waals surface area contributed by atoms with Crippen LogP contribution in [0, 0.1) is 0 Å². The third-order valence-corrected chi connectivity index (χ3v) is 3.34. The van der Waals surface area contributed by atoms with Crippen LogP contribution >= 0.6 is 0 Å². The number of rotatable bonds is 13. The third kappa shape index (κ3) is 15.2. The Hall–Kier alpha value is -1.67. The molecule has 0 aliphatic heterocycles. The summed E-state index contributed by atoms with van der Waals surface area (Å²) in [5.41, 5.74) is 2.65. The fourth-order valence-corrected chi connectivity index (χ4v) is 1.99. The molecule has 0 aliphatic carbocycles. The van der Waals surface area contributed by atoms with E-state index in [4.69, 9.17) is 26.2 Å². The summed E-state index contributed by atoms with van der Waals surface area (Å²) in [7, 11) is 0. The van der Waals surface area contributed by atoms with Crippen molar-refractivity contribution in [3.63, 3.8) is 0 Å². The second-order valence-electron chi connectivity index (χ2n) is 5.74. The number of carboxylic acid groups (broad SMARTS) is 3. The first-order valence-electron chi connectivity index (χ1n) is 8.29. The van der Waals surface area contributed by atoms with Crippen molar-refractivity contribution in [1.82, 2.24) is 0 Å². The molecule has 8 heteroatoms. The smallest absolute Gasteiger partial charge is 0.336 e. The summed E-state index contributed by atoms with van der Waals surface area (Å²) in [6.07, 6.45) is 8.69. The largest absolute Gasteiger partial charge is 0.481 e. The zero-order valence-corrected chi connectivity index (χ0v) is 14.4. The fourth-order valence-electron chi connectivity index (χ4n) is 1.99. The molecular weight excluding hydrogens is 318 g/mol. The minimum Gasteiger partial charge on any atom is -0.481 e. The topological polar surface area (TPSA) is 158 Å². The highest BCUT2D eigenvalue weighted by molar-refractivity contribution is 5.88. The van der Waals surface area contributed by atoms with Crippen molar-refractivity contribution in [3.8, 4) is 0 Å². The van der Waals surface area contributed by atoms with Crippen LogP contribution in [0.15, 0.2) is 0 Å². The van der Waals surface area contributed by atoms with Crippen molar-refractivity contribution in [3.05, 3.63) is 0 Å². The molecule has 0 atom stereocenters. The summed E-state index contributed by atoms with van der Waals surface area (Å²) in [6, 6.07) is 0. The molecule has 0 heterocycles. The van der Waals surface area contributed by atoms with Crippen molar-refractivity contribution in [2.45, 2.75) is 76.7 Å². The number of aliphatic hydroxyl groups is 1. The van der Waals surface area contributed by atoms with Gasteiger partial charge in [-0.25, -0.2) is 4.79 Å². The molecule has 0 radical (unpaired) electrons. The molecule has 0 bridgehead atoms. The van der Waals surface area contributed by atoms with Crippen molar-refractivity contribution in [2.24, 2.45) is 5.73 Å². The van der Waals surface area contributed by atoms with Gasteiger partial charge in [0.05, 0.1) is 12.8 Å². The van der Waals surface area contributed by atoms with E-state index in [1.165, 1.54) is 51.4 Å². The normalized spacial score (nSPS) is 10.6. The second-order valence-corrected chi connectivity index (χ2v) is 5.74. The highest BCUT2D eigenvalue weighted by atomic mass is 16.4. The minimum atomic E-state index is -2.74.